The molecule has 0 radical (unpaired) electrons. The second kappa shape index (κ2) is 12.4. The number of likely N-dealkylation sites (tertiary alicyclic amines) is 1. The van der Waals surface area contributed by atoms with Crippen LogP contribution in [0, 0.1) is 6.92 Å². The Labute approximate surface area is 227 Å². The molecule has 1 fully saturated rings. The lowest BCUT2D eigenvalue weighted by atomic mass is 10.0. The summed E-state index contributed by atoms with van der Waals surface area (Å²) in [5, 5.41) is 3.32. The predicted octanol–water partition coefficient (Wildman–Crippen LogP) is 6.46. The van der Waals surface area contributed by atoms with Gasteiger partial charge in [0.25, 0.3) is 0 Å². The first kappa shape index (κ1) is 28.3. The van der Waals surface area contributed by atoms with Gasteiger partial charge in [0.2, 0.25) is 5.91 Å². The largest absolute Gasteiger partial charge is 0.416 e. The minimum absolute atomic E-state index is 0.0330. The number of amides is 1. The van der Waals surface area contributed by atoms with E-state index in [1.54, 1.807) is 18.5 Å². The molecule has 4 rings (SSSR count). The Morgan fingerprint density at radius 3 is 2.49 bits per heavy atom. The number of piperidine rings is 1. The molecule has 1 aliphatic rings. The van der Waals surface area contributed by atoms with Crippen LogP contribution in [-0.2, 0) is 17.5 Å². The SMILES string of the molecule is Cc1cnccc1Nc1cccc(CN(C(=O)/C=C/c2ccc(C(F)(F)F)cc2)C2CCN(C(C)C)CC2)n1. The summed E-state index contributed by atoms with van der Waals surface area (Å²) in [6.45, 7) is 8.42. The van der Waals surface area contributed by atoms with Crippen LogP contribution in [-0.4, -0.2) is 50.8 Å². The Kier molecular flexibility index (Phi) is 9.01. The zero-order chi connectivity index (χ0) is 28.0. The minimum Gasteiger partial charge on any atom is -0.340 e. The van der Waals surface area contributed by atoms with Crippen LogP contribution in [0.2, 0.25) is 0 Å². The molecule has 6 nitrogen and oxygen atoms in total. The predicted molar refractivity (Wildman–Crippen MR) is 147 cm³/mol. The van der Waals surface area contributed by atoms with Crippen LogP contribution in [0.15, 0.2) is 67.0 Å². The van der Waals surface area contributed by atoms with E-state index in [0.29, 0.717) is 24.0 Å². The van der Waals surface area contributed by atoms with Crippen LogP contribution < -0.4 is 5.32 Å². The molecule has 2 aromatic heterocycles. The van der Waals surface area contributed by atoms with Gasteiger partial charge in [0.05, 0.1) is 17.8 Å². The number of halogens is 3. The monoisotopic (exact) mass is 537 g/mol. The standard InChI is InChI=1S/C30H34F3N5O/c1-21(2)37-17-14-26(15-18-37)38(29(39)12-9-23-7-10-24(11-8-23)30(31,32)33)20-25-5-4-6-28(35-25)36-27-13-16-34-19-22(27)3/h4-13,16,19,21,26H,14-15,17-18,20H2,1-3H3,(H,34,35,36)/b12-9+. The summed E-state index contributed by atoms with van der Waals surface area (Å²) >= 11 is 0. The normalized spacial score (nSPS) is 15.2. The summed E-state index contributed by atoms with van der Waals surface area (Å²) in [5.74, 6) is 0.479. The summed E-state index contributed by atoms with van der Waals surface area (Å²) in [7, 11) is 0. The van der Waals surface area contributed by atoms with Crippen LogP contribution in [0.1, 0.15) is 49.1 Å². The Morgan fingerprint density at radius 2 is 1.85 bits per heavy atom. The highest BCUT2D eigenvalue weighted by Gasteiger charge is 2.30. The summed E-state index contributed by atoms with van der Waals surface area (Å²) in [4.78, 5) is 26.6. The molecule has 1 amide bonds. The van der Waals surface area contributed by atoms with Gasteiger partial charge in [0.15, 0.2) is 0 Å². The Hall–Kier alpha value is -3.72. The summed E-state index contributed by atoms with van der Waals surface area (Å²) in [6.07, 6.45) is 3.78. The smallest absolute Gasteiger partial charge is 0.340 e. The van der Waals surface area contributed by atoms with E-state index >= 15 is 0 Å². The third kappa shape index (κ3) is 7.66. The van der Waals surface area contributed by atoms with Crippen LogP contribution >= 0.6 is 0 Å². The van der Waals surface area contributed by atoms with Gasteiger partial charge in [-0.1, -0.05) is 18.2 Å². The number of anilines is 2. The number of hydrogen-bond donors (Lipinski definition) is 1. The van der Waals surface area contributed by atoms with Crippen molar-refractivity contribution in [2.45, 2.75) is 58.4 Å². The van der Waals surface area contributed by atoms with Crippen molar-refractivity contribution in [3.05, 3.63) is 89.4 Å². The Morgan fingerprint density at radius 1 is 1.13 bits per heavy atom. The molecule has 0 bridgehead atoms. The lowest BCUT2D eigenvalue weighted by molar-refractivity contribution is -0.137. The lowest BCUT2D eigenvalue weighted by Crippen LogP contribution is -2.48. The molecule has 206 valence electrons. The lowest BCUT2D eigenvalue weighted by Gasteiger charge is -2.39. The van der Waals surface area contributed by atoms with Gasteiger partial charge in [-0.2, -0.15) is 13.2 Å². The number of aryl methyl sites for hydroxylation is 1. The van der Waals surface area contributed by atoms with E-state index in [-0.39, 0.29) is 11.9 Å². The summed E-state index contributed by atoms with van der Waals surface area (Å²) in [5.41, 5.74) is 2.46. The van der Waals surface area contributed by atoms with E-state index in [1.165, 1.54) is 18.2 Å². The quantitative estimate of drug-likeness (QED) is 0.334. The average molecular weight is 538 g/mol. The first-order valence-electron chi connectivity index (χ1n) is 13.1. The molecule has 0 saturated carbocycles. The van der Waals surface area contributed by atoms with E-state index in [2.05, 4.69) is 29.0 Å². The fourth-order valence-corrected chi connectivity index (χ4v) is 4.71. The number of benzene rings is 1. The first-order chi connectivity index (χ1) is 18.6. The Balaban J connectivity index is 1.53. The molecule has 3 heterocycles. The third-order valence-electron chi connectivity index (χ3n) is 7.03. The number of rotatable bonds is 8. The number of nitrogens with zero attached hydrogens (tertiary/aromatic N) is 4. The molecule has 0 spiro atoms. The zero-order valence-electron chi connectivity index (χ0n) is 22.4. The van der Waals surface area contributed by atoms with Crippen LogP contribution in [0.5, 0.6) is 0 Å². The maximum absolute atomic E-state index is 13.5. The topological polar surface area (TPSA) is 61.4 Å². The highest BCUT2D eigenvalue weighted by molar-refractivity contribution is 5.92. The second-order valence-corrected chi connectivity index (χ2v) is 10.1. The molecule has 1 saturated heterocycles. The second-order valence-electron chi connectivity index (χ2n) is 10.1. The summed E-state index contributed by atoms with van der Waals surface area (Å²) in [6, 6.07) is 12.8. The maximum atomic E-state index is 13.5. The highest BCUT2D eigenvalue weighted by atomic mass is 19.4. The zero-order valence-corrected chi connectivity index (χ0v) is 22.4. The first-order valence-corrected chi connectivity index (χ1v) is 13.1. The molecular formula is C30H34F3N5O. The fraction of sp³-hybridized carbons (Fsp3) is 0.367. The van der Waals surface area contributed by atoms with E-state index in [1.807, 2.05) is 36.1 Å². The van der Waals surface area contributed by atoms with Crippen LogP contribution in [0.25, 0.3) is 6.08 Å². The van der Waals surface area contributed by atoms with Crippen molar-refractivity contribution in [2.75, 3.05) is 18.4 Å². The van der Waals surface area contributed by atoms with Gasteiger partial charge in [-0.3, -0.25) is 9.78 Å². The molecule has 1 N–H and O–H groups in total. The average Bonchev–Trinajstić information content (AvgIpc) is 2.92. The van der Waals surface area contributed by atoms with Gasteiger partial charge in [-0.15, -0.1) is 0 Å². The van der Waals surface area contributed by atoms with Crippen molar-refractivity contribution < 1.29 is 18.0 Å². The van der Waals surface area contributed by atoms with Crippen molar-refractivity contribution in [3.8, 4) is 0 Å². The van der Waals surface area contributed by atoms with Crippen LogP contribution in [0.4, 0.5) is 24.7 Å². The molecule has 39 heavy (non-hydrogen) atoms. The molecule has 0 unspecified atom stereocenters. The Bertz CT molecular complexity index is 1280. The molecule has 0 aliphatic carbocycles. The van der Waals surface area contributed by atoms with E-state index in [9.17, 15) is 18.0 Å². The number of hydrogen-bond acceptors (Lipinski definition) is 5. The van der Waals surface area contributed by atoms with E-state index < -0.39 is 11.7 Å². The number of carbonyl (C=O) groups excluding carboxylic acids is 1. The van der Waals surface area contributed by atoms with Gasteiger partial charge in [0.1, 0.15) is 5.82 Å². The van der Waals surface area contributed by atoms with Gasteiger partial charge >= 0.3 is 6.18 Å². The van der Waals surface area contributed by atoms with Gasteiger partial charge in [-0.25, -0.2) is 4.98 Å². The minimum atomic E-state index is -4.40. The maximum Gasteiger partial charge on any atom is 0.416 e. The van der Waals surface area contributed by atoms with Gasteiger partial charge < -0.3 is 15.1 Å². The van der Waals surface area contributed by atoms with Crippen molar-refractivity contribution >= 4 is 23.5 Å². The number of aromatic nitrogens is 2. The molecule has 1 aliphatic heterocycles. The molecule has 9 heteroatoms. The molecule has 1 aromatic carbocycles. The van der Waals surface area contributed by atoms with Crippen molar-refractivity contribution in [3.63, 3.8) is 0 Å². The molecular weight excluding hydrogens is 503 g/mol. The van der Waals surface area contributed by atoms with Crippen molar-refractivity contribution in [1.29, 1.82) is 0 Å². The van der Waals surface area contributed by atoms with E-state index in [0.717, 1.165) is 55.0 Å². The van der Waals surface area contributed by atoms with Crippen LogP contribution in [0.3, 0.4) is 0 Å². The fourth-order valence-electron chi connectivity index (χ4n) is 4.71. The molecule has 0 atom stereocenters. The summed E-state index contributed by atoms with van der Waals surface area (Å²) < 4.78 is 38.7. The van der Waals surface area contributed by atoms with Crippen molar-refractivity contribution in [2.24, 2.45) is 0 Å². The number of pyridine rings is 2. The van der Waals surface area contributed by atoms with E-state index in [4.69, 9.17) is 4.98 Å². The number of alkyl halides is 3. The number of nitrogens with one attached hydrogen (secondary N) is 1. The number of carbonyl (C=O) groups is 1. The third-order valence-corrected chi connectivity index (χ3v) is 7.03. The highest BCUT2D eigenvalue weighted by Crippen LogP contribution is 2.29. The van der Waals surface area contributed by atoms with Crippen molar-refractivity contribution in [1.82, 2.24) is 19.8 Å². The molecule has 3 aromatic rings. The van der Waals surface area contributed by atoms with Gasteiger partial charge in [-0.05, 0) is 81.1 Å². The van der Waals surface area contributed by atoms with Gasteiger partial charge in [0, 0.05) is 49.3 Å².